The Balaban J connectivity index is 3.63. The summed E-state index contributed by atoms with van der Waals surface area (Å²) in [5.74, 6) is 0. The van der Waals surface area contributed by atoms with Gasteiger partial charge in [-0.05, 0) is 7.05 Å². The zero-order chi connectivity index (χ0) is 9.45. The van der Waals surface area contributed by atoms with E-state index in [1.165, 1.54) is 14.2 Å². The third-order valence-electron chi connectivity index (χ3n) is 1.02. The van der Waals surface area contributed by atoms with Gasteiger partial charge in [0.1, 0.15) is 6.61 Å². The summed E-state index contributed by atoms with van der Waals surface area (Å²) in [6, 6.07) is 0. The van der Waals surface area contributed by atoms with Crippen LogP contribution >= 0.6 is 0 Å². The molecular weight excluding hydrogens is 182 g/mol. The third kappa shape index (κ3) is 6.14. The van der Waals surface area contributed by atoms with E-state index >= 15 is 0 Å². The fourth-order valence-corrected chi connectivity index (χ4v) is 0.741. The lowest BCUT2D eigenvalue weighted by Gasteiger charge is -1.98. The fourth-order valence-electron chi connectivity index (χ4n) is 0.380. The van der Waals surface area contributed by atoms with Crippen molar-refractivity contribution in [2.45, 2.75) is 0 Å². The van der Waals surface area contributed by atoms with Gasteiger partial charge in [0.2, 0.25) is 10.0 Å². The van der Waals surface area contributed by atoms with Crippen molar-refractivity contribution in [3.63, 3.8) is 0 Å². The highest BCUT2D eigenvalue weighted by molar-refractivity contribution is 7.92. The van der Waals surface area contributed by atoms with Crippen LogP contribution < -0.4 is 4.72 Å². The Morgan fingerprint density at radius 3 is 2.58 bits per heavy atom. The molecule has 0 saturated heterocycles. The van der Waals surface area contributed by atoms with Gasteiger partial charge in [-0.15, -0.1) is 0 Å². The van der Waals surface area contributed by atoms with Crippen LogP contribution in [0.4, 0.5) is 0 Å². The minimum atomic E-state index is -3.30. The Labute approximate surface area is 72.4 Å². The van der Waals surface area contributed by atoms with E-state index in [-0.39, 0.29) is 0 Å². The van der Waals surface area contributed by atoms with Crippen LogP contribution in [-0.4, -0.2) is 35.8 Å². The molecule has 0 spiro atoms. The van der Waals surface area contributed by atoms with Crippen LogP contribution in [0.25, 0.3) is 0 Å². The largest absolute Gasteiger partial charge is 0.498 e. The van der Waals surface area contributed by atoms with E-state index in [0.29, 0.717) is 13.2 Å². The molecule has 0 aliphatic carbocycles. The van der Waals surface area contributed by atoms with Crippen LogP contribution in [0.15, 0.2) is 11.7 Å². The molecule has 0 bridgehead atoms. The summed E-state index contributed by atoms with van der Waals surface area (Å²) in [5, 5.41) is 0.947. The zero-order valence-corrected chi connectivity index (χ0v) is 7.93. The first-order valence-electron chi connectivity index (χ1n) is 3.33. The molecule has 0 aromatic heterocycles. The van der Waals surface area contributed by atoms with E-state index in [4.69, 9.17) is 4.74 Å². The predicted octanol–water partition coefficient (Wildman–Crippen LogP) is -0.330. The summed E-state index contributed by atoms with van der Waals surface area (Å²) >= 11 is 0. The third-order valence-corrected chi connectivity index (χ3v) is 2.06. The molecule has 0 saturated carbocycles. The number of sulfonamides is 1. The molecule has 6 heteroatoms. The standard InChI is InChI=1S/C6H13NO4S/c1-7-12(8,9)6-5-11-4-3-10-2/h5-7H,3-4H2,1-2H3/b6-5+. The molecule has 12 heavy (non-hydrogen) atoms. The number of rotatable bonds is 6. The summed E-state index contributed by atoms with van der Waals surface area (Å²) in [6.07, 6.45) is 1.12. The molecule has 5 nitrogen and oxygen atoms in total. The molecule has 0 aliphatic heterocycles. The summed E-state index contributed by atoms with van der Waals surface area (Å²) in [7, 11) is -0.436. The van der Waals surface area contributed by atoms with Crippen molar-refractivity contribution in [1.82, 2.24) is 4.72 Å². The first kappa shape index (κ1) is 11.4. The van der Waals surface area contributed by atoms with Gasteiger partial charge < -0.3 is 9.47 Å². The van der Waals surface area contributed by atoms with Crippen molar-refractivity contribution >= 4 is 10.0 Å². The van der Waals surface area contributed by atoms with Crippen molar-refractivity contribution in [3.8, 4) is 0 Å². The quantitative estimate of drug-likeness (QED) is 0.465. The van der Waals surface area contributed by atoms with Crippen LogP contribution in [0.5, 0.6) is 0 Å². The van der Waals surface area contributed by atoms with Crippen LogP contribution in [0.2, 0.25) is 0 Å². The lowest BCUT2D eigenvalue weighted by atomic mass is 10.8. The number of hydrogen-bond donors (Lipinski definition) is 1. The SMILES string of the molecule is CNS(=O)(=O)/C=C/OCCOC. The fraction of sp³-hybridized carbons (Fsp3) is 0.667. The summed E-state index contributed by atoms with van der Waals surface area (Å²) in [5.41, 5.74) is 0. The molecule has 0 amide bonds. The van der Waals surface area contributed by atoms with Crippen molar-refractivity contribution in [2.24, 2.45) is 0 Å². The molecule has 0 fully saturated rings. The van der Waals surface area contributed by atoms with Crippen LogP contribution in [0, 0.1) is 0 Å². The highest BCUT2D eigenvalue weighted by Gasteiger charge is 1.97. The number of methoxy groups -OCH3 is 1. The number of nitrogens with one attached hydrogen (secondary N) is 1. The Hall–Kier alpha value is -0.590. The number of hydrogen-bond acceptors (Lipinski definition) is 4. The topological polar surface area (TPSA) is 64.6 Å². The Kier molecular flexibility index (Phi) is 5.69. The van der Waals surface area contributed by atoms with Gasteiger partial charge in [-0.3, -0.25) is 0 Å². The molecule has 0 unspecified atom stereocenters. The molecule has 0 radical (unpaired) electrons. The Morgan fingerprint density at radius 1 is 1.42 bits per heavy atom. The van der Waals surface area contributed by atoms with Crippen molar-refractivity contribution in [1.29, 1.82) is 0 Å². The average Bonchev–Trinajstić information content (AvgIpc) is 2.04. The molecule has 0 atom stereocenters. The Bertz CT molecular complexity index is 222. The van der Waals surface area contributed by atoms with E-state index < -0.39 is 10.0 Å². The maximum atomic E-state index is 10.7. The zero-order valence-electron chi connectivity index (χ0n) is 7.11. The van der Waals surface area contributed by atoms with Crippen LogP contribution in [0.3, 0.4) is 0 Å². The van der Waals surface area contributed by atoms with Gasteiger partial charge >= 0.3 is 0 Å². The molecular formula is C6H13NO4S. The molecule has 0 heterocycles. The van der Waals surface area contributed by atoms with Crippen molar-refractivity contribution in [2.75, 3.05) is 27.4 Å². The molecule has 0 aromatic carbocycles. The van der Waals surface area contributed by atoms with Gasteiger partial charge in [0.15, 0.2) is 0 Å². The predicted molar refractivity (Wildman–Crippen MR) is 44.9 cm³/mol. The van der Waals surface area contributed by atoms with E-state index in [1.54, 1.807) is 0 Å². The van der Waals surface area contributed by atoms with Gasteiger partial charge in [0.05, 0.1) is 18.3 Å². The van der Waals surface area contributed by atoms with Gasteiger partial charge in [-0.25, -0.2) is 13.1 Å². The van der Waals surface area contributed by atoms with Crippen LogP contribution in [0.1, 0.15) is 0 Å². The molecule has 0 rings (SSSR count). The van der Waals surface area contributed by atoms with Gasteiger partial charge in [-0.1, -0.05) is 0 Å². The van der Waals surface area contributed by atoms with E-state index in [1.807, 2.05) is 0 Å². The normalized spacial score (nSPS) is 12.2. The molecule has 0 aromatic rings. The highest BCUT2D eigenvalue weighted by Crippen LogP contribution is 1.86. The monoisotopic (exact) mass is 195 g/mol. The second-order valence-corrected chi connectivity index (χ2v) is 3.66. The molecule has 72 valence electrons. The maximum absolute atomic E-state index is 10.7. The van der Waals surface area contributed by atoms with Gasteiger partial charge in [0.25, 0.3) is 0 Å². The average molecular weight is 195 g/mol. The minimum Gasteiger partial charge on any atom is -0.498 e. The first-order chi connectivity index (χ1) is 5.62. The maximum Gasteiger partial charge on any atom is 0.236 e. The molecule has 0 aliphatic rings. The summed E-state index contributed by atoms with van der Waals surface area (Å²) in [4.78, 5) is 0. The van der Waals surface area contributed by atoms with Crippen molar-refractivity contribution < 1.29 is 17.9 Å². The summed E-state index contributed by atoms with van der Waals surface area (Å²) in [6.45, 7) is 0.774. The number of ether oxygens (including phenoxy) is 2. The lowest BCUT2D eigenvalue weighted by Crippen LogP contribution is -2.15. The second kappa shape index (κ2) is 5.99. The van der Waals surface area contributed by atoms with Crippen LogP contribution in [-0.2, 0) is 19.5 Å². The lowest BCUT2D eigenvalue weighted by molar-refractivity contribution is 0.124. The highest BCUT2D eigenvalue weighted by atomic mass is 32.2. The van der Waals surface area contributed by atoms with Gasteiger partial charge in [-0.2, -0.15) is 0 Å². The summed E-state index contributed by atoms with van der Waals surface area (Å²) < 4.78 is 33.0. The smallest absolute Gasteiger partial charge is 0.236 e. The van der Waals surface area contributed by atoms with E-state index in [9.17, 15) is 8.42 Å². The first-order valence-corrected chi connectivity index (χ1v) is 4.87. The van der Waals surface area contributed by atoms with Crippen molar-refractivity contribution in [3.05, 3.63) is 11.7 Å². The second-order valence-electron chi connectivity index (χ2n) is 1.88. The van der Waals surface area contributed by atoms with Gasteiger partial charge in [0, 0.05) is 7.11 Å². The molecule has 1 N–H and O–H groups in total. The Morgan fingerprint density at radius 2 is 2.08 bits per heavy atom. The van der Waals surface area contributed by atoms with E-state index in [0.717, 1.165) is 11.7 Å². The van der Waals surface area contributed by atoms with E-state index in [2.05, 4.69) is 9.46 Å². The minimum absolute atomic E-state index is 0.340.